The number of hydrogen-bond acceptors (Lipinski definition) is 5. The molecule has 4 rings (SSSR count). The molecule has 8 nitrogen and oxygen atoms in total. The highest BCUT2D eigenvalue weighted by Crippen LogP contribution is 2.34. The average molecular weight is 324 g/mol. The predicted molar refractivity (Wildman–Crippen MR) is 85.9 cm³/mol. The highest BCUT2D eigenvalue weighted by Gasteiger charge is 2.17. The Kier molecular flexibility index (Phi) is 3.27. The zero-order valence-electron chi connectivity index (χ0n) is 12.3. The molecule has 0 bridgehead atoms. The predicted octanol–water partition coefficient (Wildman–Crippen LogP) is 1.87. The second kappa shape index (κ2) is 5.58. The van der Waals surface area contributed by atoms with E-state index in [1.807, 2.05) is 0 Å². The standard InChI is InChI=1S/C16H12N4O4/c21-15(19-9-1-3-11-12(5-9)18-7-17-11)16(22)20-10-2-4-13-14(6-10)24-8-23-13/h1-7H,8H2,(H,17,18)(H,19,21)(H,20,22). The van der Waals surface area contributed by atoms with Crippen LogP contribution >= 0.6 is 0 Å². The molecule has 120 valence electrons. The van der Waals surface area contributed by atoms with Crippen molar-refractivity contribution in [3.05, 3.63) is 42.7 Å². The molecule has 8 heteroatoms. The van der Waals surface area contributed by atoms with Crippen molar-refractivity contribution in [3.8, 4) is 11.5 Å². The first kappa shape index (κ1) is 14.1. The molecule has 0 fully saturated rings. The average Bonchev–Trinajstić information content (AvgIpc) is 3.22. The van der Waals surface area contributed by atoms with Crippen LogP contribution in [-0.2, 0) is 9.59 Å². The van der Waals surface area contributed by atoms with E-state index in [1.54, 1.807) is 42.7 Å². The van der Waals surface area contributed by atoms with E-state index in [-0.39, 0.29) is 6.79 Å². The van der Waals surface area contributed by atoms with Gasteiger partial charge < -0.3 is 25.1 Å². The summed E-state index contributed by atoms with van der Waals surface area (Å²) in [6, 6.07) is 10.0. The van der Waals surface area contributed by atoms with Crippen molar-refractivity contribution in [2.24, 2.45) is 0 Å². The molecule has 3 N–H and O–H groups in total. The number of rotatable bonds is 2. The summed E-state index contributed by atoms with van der Waals surface area (Å²) >= 11 is 0. The molecular formula is C16H12N4O4. The SMILES string of the molecule is O=C(Nc1ccc2c(c1)OCO2)C(=O)Nc1ccc2nc[nH]c2c1. The highest BCUT2D eigenvalue weighted by atomic mass is 16.7. The van der Waals surface area contributed by atoms with Gasteiger partial charge in [0.2, 0.25) is 6.79 Å². The molecule has 2 amide bonds. The summed E-state index contributed by atoms with van der Waals surface area (Å²) in [7, 11) is 0. The van der Waals surface area contributed by atoms with E-state index in [9.17, 15) is 9.59 Å². The minimum atomic E-state index is -0.779. The molecule has 24 heavy (non-hydrogen) atoms. The minimum Gasteiger partial charge on any atom is -0.454 e. The number of H-pyrrole nitrogens is 1. The summed E-state index contributed by atoms with van der Waals surface area (Å²) in [5, 5.41) is 5.06. The van der Waals surface area contributed by atoms with E-state index < -0.39 is 11.8 Å². The van der Waals surface area contributed by atoms with Crippen LogP contribution in [0, 0.1) is 0 Å². The van der Waals surface area contributed by atoms with Crippen LogP contribution in [0.3, 0.4) is 0 Å². The van der Waals surface area contributed by atoms with E-state index in [4.69, 9.17) is 9.47 Å². The molecule has 3 aromatic rings. The van der Waals surface area contributed by atoms with Gasteiger partial charge in [-0.15, -0.1) is 0 Å². The number of anilines is 2. The van der Waals surface area contributed by atoms with Gasteiger partial charge in [0.25, 0.3) is 0 Å². The lowest BCUT2D eigenvalue weighted by Gasteiger charge is -2.07. The molecule has 2 aromatic carbocycles. The maximum Gasteiger partial charge on any atom is 0.314 e. The fraction of sp³-hybridized carbons (Fsp3) is 0.0625. The number of carbonyl (C=O) groups is 2. The minimum absolute atomic E-state index is 0.142. The van der Waals surface area contributed by atoms with Crippen LogP contribution in [0.25, 0.3) is 11.0 Å². The molecule has 0 radical (unpaired) electrons. The van der Waals surface area contributed by atoms with Gasteiger partial charge >= 0.3 is 11.8 Å². The van der Waals surface area contributed by atoms with Gasteiger partial charge in [0.05, 0.1) is 17.4 Å². The van der Waals surface area contributed by atoms with Crippen LogP contribution < -0.4 is 20.1 Å². The van der Waals surface area contributed by atoms with Crippen LogP contribution in [0.4, 0.5) is 11.4 Å². The molecule has 1 aromatic heterocycles. The number of fused-ring (bicyclic) bond motifs is 2. The van der Waals surface area contributed by atoms with E-state index in [2.05, 4.69) is 20.6 Å². The monoisotopic (exact) mass is 324 g/mol. The number of hydrogen-bond donors (Lipinski definition) is 3. The smallest absolute Gasteiger partial charge is 0.314 e. The molecule has 0 atom stereocenters. The first-order valence-electron chi connectivity index (χ1n) is 7.14. The zero-order valence-corrected chi connectivity index (χ0v) is 12.3. The lowest BCUT2D eigenvalue weighted by molar-refractivity contribution is -0.132. The van der Waals surface area contributed by atoms with Gasteiger partial charge in [0.15, 0.2) is 11.5 Å². The summed E-state index contributed by atoms with van der Waals surface area (Å²) in [6.45, 7) is 0.142. The van der Waals surface area contributed by atoms with Crippen molar-refractivity contribution >= 4 is 34.2 Å². The molecule has 0 saturated heterocycles. The molecule has 1 aliphatic rings. The number of aromatic nitrogens is 2. The molecule has 2 heterocycles. The van der Waals surface area contributed by atoms with Gasteiger partial charge in [-0.2, -0.15) is 0 Å². The Labute approximate surface area is 135 Å². The van der Waals surface area contributed by atoms with E-state index in [0.717, 1.165) is 11.0 Å². The van der Waals surface area contributed by atoms with Crippen LogP contribution in [0.1, 0.15) is 0 Å². The Morgan fingerprint density at radius 3 is 2.50 bits per heavy atom. The topological polar surface area (TPSA) is 105 Å². The Bertz CT molecular complexity index is 950. The normalized spacial score (nSPS) is 12.2. The first-order valence-corrected chi connectivity index (χ1v) is 7.14. The quantitative estimate of drug-likeness (QED) is 0.624. The third-order valence-corrected chi connectivity index (χ3v) is 3.51. The van der Waals surface area contributed by atoms with Crippen LogP contribution in [0.5, 0.6) is 11.5 Å². The van der Waals surface area contributed by atoms with Crippen LogP contribution in [-0.4, -0.2) is 28.6 Å². The van der Waals surface area contributed by atoms with Gasteiger partial charge in [-0.1, -0.05) is 0 Å². The van der Waals surface area contributed by atoms with Gasteiger partial charge in [-0.3, -0.25) is 9.59 Å². The molecule has 0 aliphatic carbocycles. The number of nitrogens with zero attached hydrogens (tertiary/aromatic N) is 1. The molecule has 1 aliphatic heterocycles. The van der Waals surface area contributed by atoms with Crippen molar-refractivity contribution in [1.29, 1.82) is 0 Å². The summed E-state index contributed by atoms with van der Waals surface area (Å²) in [4.78, 5) is 31.1. The van der Waals surface area contributed by atoms with Crippen molar-refractivity contribution in [2.75, 3.05) is 17.4 Å². The number of benzene rings is 2. The molecule has 0 unspecified atom stereocenters. The highest BCUT2D eigenvalue weighted by molar-refractivity contribution is 6.43. The Balaban J connectivity index is 1.44. The van der Waals surface area contributed by atoms with Crippen molar-refractivity contribution in [1.82, 2.24) is 9.97 Å². The summed E-state index contributed by atoms with van der Waals surface area (Å²) in [5.74, 6) is -0.423. The van der Waals surface area contributed by atoms with E-state index >= 15 is 0 Å². The summed E-state index contributed by atoms with van der Waals surface area (Å²) in [5.41, 5.74) is 2.49. The van der Waals surface area contributed by atoms with Gasteiger partial charge in [-0.25, -0.2) is 4.98 Å². The summed E-state index contributed by atoms with van der Waals surface area (Å²) in [6.07, 6.45) is 1.56. The third-order valence-electron chi connectivity index (χ3n) is 3.51. The lowest BCUT2D eigenvalue weighted by atomic mass is 10.2. The van der Waals surface area contributed by atoms with Gasteiger partial charge in [0, 0.05) is 17.4 Å². The number of aromatic amines is 1. The van der Waals surface area contributed by atoms with Gasteiger partial charge in [0.1, 0.15) is 0 Å². The second-order valence-electron chi connectivity index (χ2n) is 5.11. The Hall–Kier alpha value is -3.55. The number of amides is 2. The maximum absolute atomic E-state index is 12.0. The second-order valence-corrected chi connectivity index (χ2v) is 5.11. The molecule has 0 saturated carbocycles. The van der Waals surface area contributed by atoms with Crippen LogP contribution in [0.2, 0.25) is 0 Å². The Morgan fingerprint density at radius 1 is 0.958 bits per heavy atom. The van der Waals surface area contributed by atoms with Gasteiger partial charge in [-0.05, 0) is 30.3 Å². The van der Waals surface area contributed by atoms with Crippen LogP contribution in [0.15, 0.2) is 42.7 Å². The first-order chi connectivity index (χ1) is 11.7. The van der Waals surface area contributed by atoms with Crippen molar-refractivity contribution in [3.63, 3.8) is 0 Å². The zero-order chi connectivity index (χ0) is 16.5. The Morgan fingerprint density at radius 2 is 1.67 bits per heavy atom. The maximum atomic E-state index is 12.0. The number of imidazole rings is 1. The van der Waals surface area contributed by atoms with Crippen molar-refractivity contribution < 1.29 is 19.1 Å². The number of carbonyl (C=O) groups excluding carboxylic acids is 2. The number of ether oxygens (including phenoxy) is 2. The van der Waals surface area contributed by atoms with E-state index in [0.29, 0.717) is 22.9 Å². The fourth-order valence-electron chi connectivity index (χ4n) is 2.36. The largest absolute Gasteiger partial charge is 0.454 e. The van der Waals surface area contributed by atoms with E-state index in [1.165, 1.54) is 0 Å². The van der Waals surface area contributed by atoms with Crippen molar-refractivity contribution in [2.45, 2.75) is 0 Å². The number of nitrogens with one attached hydrogen (secondary N) is 3. The molecule has 0 spiro atoms. The third kappa shape index (κ3) is 2.60. The molecular weight excluding hydrogens is 312 g/mol. The summed E-state index contributed by atoms with van der Waals surface area (Å²) < 4.78 is 10.4. The lowest BCUT2D eigenvalue weighted by Crippen LogP contribution is -2.29. The fourth-order valence-corrected chi connectivity index (χ4v) is 2.36.